The molecule has 9 heteroatoms. The fraction of sp³-hybridized carbons (Fsp3) is 0.190. The topological polar surface area (TPSA) is 105 Å². The van der Waals surface area contributed by atoms with Crippen LogP contribution in [0.3, 0.4) is 0 Å². The number of anilines is 1. The quantitative estimate of drug-likeness (QED) is 0.471. The number of nitrogens with one attached hydrogen (secondary N) is 1. The molecule has 0 spiro atoms. The smallest absolute Gasteiger partial charge is 0.344 e. The molecule has 1 aliphatic rings. The van der Waals surface area contributed by atoms with Gasteiger partial charge in [-0.15, -0.1) is 0 Å². The van der Waals surface area contributed by atoms with Gasteiger partial charge in [0.1, 0.15) is 5.57 Å². The van der Waals surface area contributed by atoms with E-state index >= 15 is 0 Å². The molecular weight excluding hydrogens is 456 g/mol. The van der Waals surface area contributed by atoms with Gasteiger partial charge >= 0.3 is 5.97 Å². The number of carboxylic acids is 1. The lowest BCUT2D eigenvalue weighted by Gasteiger charge is -2.16. The highest BCUT2D eigenvalue weighted by atomic mass is 79.9. The number of aliphatic carboxylic acids is 1. The summed E-state index contributed by atoms with van der Waals surface area (Å²) in [4.78, 5) is 36.3. The Morgan fingerprint density at radius 3 is 2.57 bits per heavy atom. The van der Waals surface area contributed by atoms with Crippen LogP contribution in [0.25, 0.3) is 6.08 Å². The molecule has 1 aliphatic heterocycles. The largest absolute Gasteiger partial charge is 0.490 e. The summed E-state index contributed by atoms with van der Waals surface area (Å²) in [5.41, 5.74) is 3.54. The molecule has 0 aliphatic carbocycles. The van der Waals surface area contributed by atoms with Crippen LogP contribution in [0.4, 0.5) is 5.69 Å². The molecule has 1 saturated heterocycles. The number of ether oxygens (including phenoxy) is 2. The maximum atomic E-state index is 12.8. The minimum atomic E-state index is -1.12. The molecule has 0 radical (unpaired) electrons. The molecule has 2 aromatic carbocycles. The Morgan fingerprint density at radius 2 is 1.93 bits per heavy atom. The van der Waals surface area contributed by atoms with Crippen molar-refractivity contribution in [3.8, 4) is 11.5 Å². The van der Waals surface area contributed by atoms with Gasteiger partial charge in [0.2, 0.25) is 0 Å². The van der Waals surface area contributed by atoms with Crippen molar-refractivity contribution in [2.75, 3.05) is 11.6 Å². The van der Waals surface area contributed by atoms with E-state index in [9.17, 15) is 14.4 Å². The van der Waals surface area contributed by atoms with Gasteiger partial charge in [-0.1, -0.05) is 34.1 Å². The van der Waals surface area contributed by atoms with Crippen LogP contribution in [0.1, 0.15) is 19.4 Å². The van der Waals surface area contributed by atoms with Gasteiger partial charge in [0.25, 0.3) is 11.8 Å². The zero-order chi connectivity index (χ0) is 21.8. The molecule has 156 valence electrons. The third-order valence-electron chi connectivity index (χ3n) is 4.22. The van der Waals surface area contributed by atoms with E-state index in [0.717, 1.165) is 0 Å². The van der Waals surface area contributed by atoms with Crippen molar-refractivity contribution in [2.45, 2.75) is 20.0 Å². The van der Waals surface area contributed by atoms with E-state index in [1.807, 2.05) is 6.07 Å². The maximum absolute atomic E-state index is 12.8. The molecule has 2 amide bonds. The molecular formula is C21H19BrN2O6. The van der Waals surface area contributed by atoms with Crippen LogP contribution >= 0.6 is 15.9 Å². The van der Waals surface area contributed by atoms with E-state index in [1.54, 1.807) is 43.3 Å². The molecule has 0 saturated carbocycles. The fourth-order valence-electron chi connectivity index (χ4n) is 2.73. The van der Waals surface area contributed by atoms with Crippen molar-refractivity contribution < 1.29 is 29.0 Å². The molecule has 2 N–H and O–H groups in total. The highest BCUT2D eigenvalue weighted by Crippen LogP contribution is 2.36. The summed E-state index contributed by atoms with van der Waals surface area (Å²) in [5.74, 6) is -1.61. The number of rotatable bonds is 7. The predicted molar refractivity (Wildman–Crippen MR) is 113 cm³/mol. The van der Waals surface area contributed by atoms with Gasteiger partial charge in [0.15, 0.2) is 17.6 Å². The van der Waals surface area contributed by atoms with Crippen molar-refractivity contribution in [2.24, 2.45) is 0 Å². The molecule has 2 aromatic rings. The van der Waals surface area contributed by atoms with E-state index in [0.29, 0.717) is 28.1 Å². The normalized spacial score (nSPS) is 15.8. The summed E-state index contributed by atoms with van der Waals surface area (Å²) in [7, 11) is 0. The van der Waals surface area contributed by atoms with Crippen LogP contribution < -0.4 is 19.9 Å². The lowest BCUT2D eigenvalue weighted by molar-refractivity contribution is -0.144. The molecule has 1 atom stereocenters. The third kappa shape index (κ3) is 4.46. The summed E-state index contributed by atoms with van der Waals surface area (Å²) in [6, 6.07) is 11.9. The average molecular weight is 475 g/mol. The molecule has 1 fully saturated rings. The minimum absolute atomic E-state index is 0.0467. The number of carboxylic acid groups (broad SMARTS) is 1. The number of carbonyl (C=O) groups excluding carboxylic acids is 2. The van der Waals surface area contributed by atoms with Gasteiger partial charge in [0.05, 0.1) is 12.3 Å². The van der Waals surface area contributed by atoms with E-state index in [-0.39, 0.29) is 11.3 Å². The Labute approximate surface area is 181 Å². The van der Waals surface area contributed by atoms with Gasteiger partial charge in [-0.25, -0.2) is 9.80 Å². The fourth-order valence-corrected chi connectivity index (χ4v) is 3.17. The van der Waals surface area contributed by atoms with Crippen molar-refractivity contribution in [3.63, 3.8) is 0 Å². The van der Waals surface area contributed by atoms with Crippen LogP contribution in [-0.4, -0.2) is 35.6 Å². The molecule has 30 heavy (non-hydrogen) atoms. The van der Waals surface area contributed by atoms with Gasteiger partial charge in [-0.05, 0) is 49.8 Å². The van der Waals surface area contributed by atoms with Crippen LogP contribution in [0.15, 0.2) is 52.5 Å². The standard InChI is InChI=1S/C21H19BrN2O6/c1-3-29-17-10-13(16(22)11-18(17)30-12(2)21(27)28)9-15-19(25)23-24(20(15)26)14-7-5-4-6-8-14/h4-12H,3H2,1-2H3,(H,23,25)(H,27,28). The van der Waals surface area contributed by atoms with Crippen LogP contribution in [0.5, 0.6) is 11.5 Å². The predicted octanol–water partition coefficient (Wildman–Crippen LogP) is 3.16. The highest BCUT2D eigenvalue weighted by Gasteiger charge is 2.34. The zero-order valence-corrected chi connectivity index (χ0v) is 17.8. The number of halogens is 1. The lowest BCUT2D eigenvalue weighted by Crippen LogP contribution is -2.35. The van der Waals surface area contributed by atoms with E-state index < -0.39 is 23.9 Å². The molecule has 3 rings (SSSR count). The number of carbonyl (C=O) groups is 3. The SMILES string of the molecule is CCOc1cc(C=C2C(=O)NN(c3ccccc3)C2=O)c(Br)cc1OC(C)C(=O)O. The first-order valence-corrected chi connectivity index (χ1v) is 9.89. The Kier molecular flexibility index (Phi) is 6.41. The minimum Gasteiger partial charge on any atom is -0.490 e. The van der Waals surface area contributed by atoms with Gasteiger partial charge in [-0.2, -0.15) is 0 Å². The molecule has 1 heterocycles. The number of nitrogens with zero attached hydrogens (tertiary/aromatic N) is 1. The van der Waals surface area contributed by atoms with Crippen molar-refractivity contribution in [3.05, 3.63) is 58.1 Å². The number of para-hydroxylation sites is 1. The first-order valence-electron chi connectivity index (χ1n) is 9.09. The van der Waals surface area contributed by atoms with E-state index in [1.165, 1.54) is 18.0 Å². The highest BCUT2D eigenvalue weighted by molar-refractivity contribution is 9.10. The zero-order valence-electron chi connectivity index (χ0n) is 16.2. The van der Waals surface area contributed by atoms with Gasteiger partial charge in [-0.3, -0.25) is 15.0 Å². The number of benzene rings is 2. The first kappa shape index (κ1) is 21.4. The van der Waals surface area contributed by atoms with Crippen molar-refractivity contribution in [1.82, 2.24) is 5.43 Å². The van der Waals surface area contributed by atoms with Gasteiger partial charge in [0, 0.05) is 4.47 Å². The average Bonchev–Trinajstić information content (AvgIpc) is 3.00. The van der Waals surface area contributed by atoms with E-state index in [4.69, 9.17) is 14.6 Å². The molecule has 0 aromatic heterocycles. The summed E-state index contributed by atoms with van der Waals surface area (Å²) in [5, 5.41) is 10.3. The summed E-state index contributed by atoms with van der Waals surface area (Å²) >= 11 is 3.38. The Bertz CT molecular complexity index is 1020. The second-order valence-electron chi connectivity index (χ2n) is 6.33. The Morgan fingerprint density at radius 1 is 1.23 bits per heavy atom. The summed E-state index contributed by atoms with van der Waals surface area (Å²) < 4.78 is 11.5. The number of hydrogen-bond acceptors (Lipinski definition) is 5. The number of amides is 2. The molecule has 1 unspecified atom stereocenters. The van der Waals surface area contributed by atoms with Gasteiger partial charge < -0.3 is 14.6 Å². The molecule has 0 bridgehead atoms. The Balaban J connectivity index is 1.96. The third-order valence-corrected chi connectivity index (χ3v) is 4.91. The lowest BCUT2D eigenvalue weighted by atomic mass is 10.1. The summed E-state index contributed by atoms with van der Waals surface area (Å²) in [6.07, 6.45) is 0.361. The first-order chi connectivity index (χ1) is 14.3. The second kappa shape index (κ2) is 9.00. The molecule has 8 nitrogen and oxygen atoms in total. The van der Waals surface area contributed by atoms with Crippen LogP contribution in [0.2, 0.25) is 0 Å². The van der Waals surface area contributed by atoms with Crippen LogP contribution in [-0.2, 0) is 14.4 Å². The van der Waals surface area contributed by atoms with Crippen LogP contribution in [0, 0.1) is 0 Å². The second-order valence-corrected chi connectivity index (χ2v) is 7.18. The number of hydrazine groups is 1. The van der Waals surface area contributed by atoms with Crippen molar-refractivity contribution >= 4 is 45.5 Å². The van der Waals surface area contributed by atoms with E-state index in [2.05, 4.69) is 21.4 Å². The summed E-state index contributed by atoms with van der Waals surface area (Å²) in [6.45, 7) is 3.49. The maximum Gasteiger partial charge on any atom is 0.344 e. The monoisotopic (exact) mass is 474 g/mol. The number of hydrogen-bond donors (Lipinski definition) is 2. The Hall–Kier alpha value is -3.33. The van der Waals surface area contributed by atoms with Crippen molar-refractivity contribution in [1.29, 1.82) is 0 Å².